The lowest BCUT2D eigenvalue weighted by molar-refractivity contribution is -0.137. The fraction of sp³-hybridized carbons (Fsp3) is 0.0588. The SMILES string of the molecule is O=C(N/N=C/c1c[nH]c2ccc(Br)cc12)c1cccc(C(F)(F)F)c1. The number of aromatic nitrogens is 1. The minimum Gasteiger partial charge on any atom is -0.361 e. The average molecular weight is 410 g/mol. The molecule has 1 heterocycles. The molecule has 128 valence electrons. The standard InChI is InChI=1S/C17H11BrF3N3O/c18-13-4-5-15-14(7-13)11(8-22-15)9-23-24-16(25)10-2-1-3-12(6-10)17(19,20)21/h1-9,22H,(H,24,25)/b23-9+. The second kappa shape index (κ2) is 6.72. The predicted molar refractivity (Wildman–Crippen MR) is 92.5 cm³/mol. The molecule has 3 rings (SSSR count). The van der Waals surface area contributed by atoms with E-state index in [2.05, 4.69) is 31.4 Å². The molecule has 0 radical (unpaired) electrons. The monoisotopic (exact) mass is 409 g/mol. The van der Waals surface area contributed by atoms with Gasteiger partial charge < -0.3 is 4.98 Å². The number of halogens is 4. The third-order valence-corrected chi connectivity index (χ3v) is 3.99. The lowest BCUT2D eigenvalue weighted by Crippen LogP contribution is -2.18. The zero-order chi connectivity index (χ0) is 18.0. The lowest BCUT2D eigenvalue weighted by atomic mass is 10.1. The Morgan fingerprint density at radius 1 is 1.20 bits per heavy atom. The van der Waals surface area contributed by atoms with Gasteiger partial charge in [-0.15, -0.1) is 0 Å². The normalized spacial score (nSPS) is 12.0. The zero-order valence-corrected chi connectivity index (χ0v) is 14.1. The highest BCUT2D eigenvalue weighted by molar-refractivity contribution is 9.10. The molecule has 0 aliphatic carbocycles. The number of hydrazone groups is 1. The molecule has 0 fully saturated rings. The number of hydrogen-bond donors (Lipinski definition) is 2. The van der Waals surface area contributed by atoms with Crippen LogP contribution in [0.4, 0.5) is 13.2 Å². The van der Waals surface area contributed by atoms with Crippen molar-refractivity contribution in [2.45, 2.75) is 6.18 Å². The van der Waals surface area contributed by atoms with E-state index in [1.165, 1.54) is 18.3 Å². The minimum absolute atomic E-state index is 0.117. The molecule has 8 heteroatoms. The molecular weight excluding hydrogens is 399 g/mol. The maximum Gasteiger partial charge on any atom is 0.416 e. The van der Waals surface area contributed by atoms with Crippen LogP contribution in [0.2, 0.25) is 0 Å². The number of nitrogens with one attached hydrogen (secondary N) is 2. The number of hydrogen-bond acceptors (Lipinski definition) is 2. The first-order valence-electron chi connectivity index (χ1n) is 7.12. The summed E-state index contributed by atoms with van der Waals surface area (Å²) in [5.41, 5.74) is 2.87. The van der Waals surface area contributed by atoms with Crippen molar-refractivity contribution in [3.05, 3.63) is 69.8 Å². The molecule has 0 unspecified atom stereocenters. The van der Waals surface area contributed by atoms with Crippen molar-refractivity contribution < 1.29 is 18.0 Å². The summed E-state index contributed by atoms with van der Waals surface area (Å²) in [7, 11) is 0. The van der Waals surface area contributed by atoms with Crippen LogP contribution in [0.5, 0.6) is 0 Å². The Kier molecular flexibility index (Phi) is 4.63. The van der Waals surface area contributed by atoms with Gasteiger partial charge in [-0.3, -0.25) is 4.79 Å². The van der Waals surface area contributed by atoms with E-state index < -0.39 is 17.6 Å². The maximum absolute atomic E-state index is 12.7. The van der Waals surface area contributed by atoms with E-state index in [1.54, 1.807) is 6.20 Å². The third kappa shape index (κ3) is 3.90. The van der Waals surface area contributed by atoms with Gasteiger partial charge in [-0.05, 0) is 36.4 Å². The number of rotatable bonds is 3. The first kappa shape index (κ1) is 17.2. The summed E-state index contributed by atoms with van der Waals surface area (Å²) in [6.45, 7) is 0. The Labute approximate surface area is 148 Å². The van der Waals surface area contributed by atoms with Crippen molar-refractivity contribution in [3.8, 4) is 0 Å². The van der Waals surface area contributed by atoms with Crippen LogP contribution < -0.4 is 5.43 Å². The van der Waals surface area contributed by atoms with Crippen LogP contribution in [0.15, 0.2) is 58.2 Å². The van der Waals surface area contributed by atoms with Crippen LogP contribution in [0, 0.1) is 0 Å². The number of amides is 1. The summed E-state index contributed by atoms with van der Waals surface area (Å²) >= 11 is 3.38. The molecule has 0 aliphatic rings. The van der Waals surface area contributed by atoms with Gasteiger partial charge in [0.25, 0.3) is 5.91 Å². The summed E-state index contributed by atoms with van der Waals surface area (Å²) < 4.78 is 38.9. The van der Waals surface area contributed by atoms with Gasteiger partial charge in [0.2, 0.25) is 0 Å². The highest BCUT2D eigenvalue weighted by Gasteiger charge is 2.30. The smallest absolute Gasteiger partial charge is 0.361 e. The first-order chi connectivity index (χ1) is 11.8. The number of fused-ring (bicyclic) bond motifs is 1. The molecule has 0 saturated heterocycles. The molecule has 2 N–H and O–H groups in total. The van der Waals surface area contributed by atoms with Gasteiger partial charge in [0.05, 0.1) is 11.8 Å². The van der Waals surface area contributed by atoms with Gasteiger partial charge in [-0.1, -0.05) is 22.0 Å². The molecule has 25 heavy (non-hydrogen) atoms. The van der Waals surface area contributed by atoms with E-state index in [9.17, 15) is 18.0 Å². The molecule has 0 spiro atoms. The second-order valence-corrected chi connectivity index (χ2v) is 6.13. The summed E-state index contributed by atoms with van der Waals surface area (Å²) in [4.78, 5) is 15.0. The lowest BCUT2D eigenvalue weighted by Gasteiger charge is -2.07. The maximum atomic E-state index is 12.7. The van der Waals surface area contributed by atoms with E-state index in [0.29, 0.717) is 0 Å². The Balaban J connectivity index is 1.75. The Bertz CT molecular complexity index is 963. The van der Waals surface area contributed by atoms with Crippen molar-refractivity contribution in [2.24, 2.45) is 5.10 Å². The fourth-order valence-corrected chi connectivity index (χ4v) is 2.64. The highest BCUT2D eigenvalue weighted by atomic mass is 79.9. The summed E-state index contributed by atoms with van der Waals surface area (Å²) in [6, 6.07) is 9.83. The van der Waals surface area contributed by atoms with E-state index in [1.807, 2.05) is 18.2 Å². The molecule has 1 amide bonds. The van der Waals surface area contributed by atoms with Gasteiger partial charge in [0.15, 0.2) is 0 Å². The molecule has 0 atom stereocenters. The molecule has 0 bridgehead atoms. The van der Waals surface area contributed by atoms with E-state index in [-0.39, 0.29) is 5.56 Å². The minimum atomic E-state index is -4.50. The molecule has 2 aromatic carbocycles. The van der Waals surface area contributed by atoms with Crippen molar-refractivity contribution in [2.75, 3.05) is 0 Å². The van der Waals surface area contributed by atoms with Gasteiger partial charge in [0, 0.05) is 32.7 Å². The molecule has 0 aliphatic heterocycles. The zero-order valence-electron chi connectivity index (χ0n) is 12.6. The molecule has 3 aromatic rings. The highest BCUT2D eigenvalue weighted by Crippen LogP contribution is 2.29. The van der Waals surface area contributed by atoms with Crippen molar-refractivity contribution in [3.63, 3.8) is 0 Å². The van der Waals surface area contributed by atoms with Crippen LogP contribution >= 0.6 is 15.9 Å². The predicted octanol–water partition coefficient (Wildman–Crippen LogP) is 4.71. The van der Waals surface area contributed by atoms with Gasteiger partial charge in [-0.2, -0.15) is 18.3 Å². The van der Waals surface area contributed by atoms with Crippen LogP contribution in [-0.2, 0) is 6.18 Å². The van der Waals surface area contributed by atoms with Gasteiger partial charge in [-0.25, -0.2) is 5.43 Å². The van der Waals surface area contributed by atoms with E-state index in [4.69, 9.17) is 0 Å². The van der Waals surface area contributed by atoms with E-state index >= 15 is 0 Å². The first-order valence-corrected chi connectivity index (χ1v) is 7.91. The Hall–Kier alpha value is -2.61. The number of benzene rings is 2. The summed E-state index contributed by atoms with van der Waals surface area (Å²) in [5, 5.41) is 4.72. The van der Waals surface area contributed by atoms with Crippen LogP contribution in [0.25, 0.3) is 10.9 Å². The van der Waals surface area contributed by atoms with E-state index in [0.717, 1.165) is 33.1 Å². The van der Waals surface area contributed by atoms with Crippen molar-refractivity contribution in [1.82, 2.24) is 10.4 Å². The van der Waals surface area contributed by atoms with Crippen LogP contribution in [-0.4, -0.2) is 17.1 Å². The Morgan fingerprint density at radius 2 is 2.00 bits per heavy atom. The summed E-state index contributed by atoms with van der Waals surface area (Å²) in [5.74, 6) is -0.719. The molecular formula is C17H11BrF3N3O. The number of alkyl halides is 3. The largest absolute Gasteiger partial charge is 0.416 e. The molecule has 0 saturated carbocycles. The third-order valence-electron chi connectivity index (χ3n) is 3.50. The van der Waals surface area contributed by atoms with Crippen LogP contribution in [0.3, 0.4) is 0 Å². The number of aromatic amines is 1. The molecule has 1 aromatic heterocycles. The second-order valence-electron chi connectivity index (χ2n) is 5.21. The number of H-pyrrole nitrogens is 1. The van der Waals surface area contributed by atoms with Crippen molar-refractivity contribution >= 4 is 39.0 Å². The van der Waals surface area contributed by atoms with Crippen LogP contribution in [0.1, 0.15) is 21.5 Å². The summed E-state index contributed by atoms with van der Waals surface area (Å²) in [6.07, 6.45) is -1.36. The van der Waals surface area contributed by atoms with Gasteiger partial charge >= 0.3 is 6.18 Å². The fourth-order valence-electron chi connectivity index (χ4n) is 2.28. The number of nitrogens with zero attached hydrogens (tertiary/aromatic N) is 1. The average Bonchev–Trinajstić information content (AvgIpc) is 2.96. The molecule has 4 nitrogen and oxygen atoms in total. The van der Waals surface area contributed by atoms with Gasteiger partial charge in [0.1, 0.15) is 0 Å². The number of carbonyl (C=O) groups excluding carboxylic acids is 1. The topological polar surface area (TPSA) is 57.2 Å². The Morgan fingerprint density at radius 3 is 2.76 bits per heavy atom. The van der Waals surface area contributed by atoms with Crippen molar-refractivity contribution in [1.29, 1.82) is 0 Å². The number of carbonyl (C=O) groups is 1. The quantitative estimate of drug-likeness (QED) is 0.477.